The lowest BCUT2D eigenvalue weighted by atomic mass is 10.1. The van der Waals surface area contributed by atoms with Crippen LogP contribution in [0.2, 0.25) is 0 Å². The second kappa shape index (κ2) is 7.31. The number of aromatic amines is 1. The van der Waals surface area contributed by atoms with Gasteiger partial charge in [0, 0.05) is 36.8 Å². The smallest absolute Gasteiger partial charge is 0.261 e. The third-order valence-corrected chi connectivity index (χ3v) is 9.47. The molecule has 9 nitrogen and oxygen atoms in total. The number of rotatable bonds is 5. The van der Waals surface area contributed by atoms with Gasteiger partial charge in [-0.05, 0) is 49.2 Å². The average Bonchev–Trinajstić information content (AvgIpc) is 3.51. The molecule has 1 aromatic heterocycles. The highest BCUT2D eigenvalue weighted by molar-refractivity contribution is 7.92. The Morgan fingerprint density at radius 1 is 1.09 bits per heavy atom. The molecule has 2 fully saturated rings. The van der Waals surface area contributed by atoms with Crippen LogP contribution in [0.3, 0.4) is 0 Å². The van der Waals surface area contributed by atoms with E-state index in [1.807, 2.05) is 6.92 Å². The lowest BCUT2D eigenvalue weighted by Gasteiger charge is -2.26. The van der Waals surface area contributed by atoms with Gasteiger partial charge in [-0.2, -0.15) is 9.57 Å². The Morgan fingerprint density at radius 3 is 2.44 bits per heavy atom. The van der Waals surface area contributed by atoms with Crippen molar-refractivity contribution < 1.29 is 16.8 Å². The summed E-state index contributed by atoms with van der Waals surface area (Å²) in [5, 5.41) is 13.2. The monoisotopic (exact) mass is 471 g/mol. The van der Waals surface area contributed by atoms with Crippen LogP contribution in [0.15, 0.2) is 52.4 Å². The molecule has 2 aromatic carbocycles. The molecule has 2 saturated heterocycles. The van der Waals surface area contributed by atoms with Crippen LogP contribution in [0.4, 0.5) is 5.69 Å². The molecule has 0 aliphatic carbocycles. The Balaban J connectivity index is 1.43. The fraction of sp³-hybridized carbons (Fsp3) is 0.286. The molecule has 0 saturated carbocycles. The van der Waals surface area contributed by atoms with Gasteiger partial charge in [0.2, 0.25) is 10.0 Å². The van der Waals surface area contributed by atoms with Gasteiger partial charge >= 0.3 is 0 Å². The lowest BCUT2D eigenvalue weighted by Crippen LogP contribution is -2.46. The standard InChI is InChI=1S/C21H21N5O4S2/c1-13-2-7-19(21-20(13)14(9-22)10-24-21)25-31(27,28)17-3-5-18(6-4-17)32(29,30)26-12-15-8-16(26)11-23-15/h2-7,10,15-16,23-25H,8,11-12H2,1H3. The van der Waals surface area contributed by atoms with Crippen molar-refractivity contribution in [3.63, 3.8) is 0 Å². The number of fused-ring (bicyclic) bond motifs is 3. The second-order valence-electron chi connectivity index (χ2n) is 8.14. The van der Waals surface area contributed by atoms with Crippen LogP contribution < -0.4 is 10.0 Å². The summed E-state index contributed by atoms with van der Waals surface area (Å²) in [5.74, 6) is 0. The lowest BCUT2D eigenvalue weighted by molar-refractivity contribution is 0.349. The molecule has 0 radical (unpaired) electrons. The van der Waals surface area contributed by atoms with Crippen LogP contribution in [0.25, 0.3) is 10.9 Å². The Morgan fingerprint density at radius 2 is 1.81 bits per heavy atom. The van der Waals surface area contributed by atoms with Crippen molar-refractivity contribution in [2.75, 3.05) is 17.8 Å². The summed E-state index contributed by atoms with van der Waals surface area (Å²) in [7, 11) is -7.66. The molecule has 2 bridgehead atoms. The van der Waals surface area contributed by atoms with Crippen molar-refractivity contribution in [3.8, 4) is 6.07 Å². The van der Waals surface area contributed by atoms with Crippen LogP contribution in [-0.4, -0.2) is 51.3 Å². The fourth-order valence-corrected chi connectivity index (χ4v) is 7.29. The average molecular weight is 472 g/mol. The Kier molecular flexibility index (Phi) is 4.79. The molecular formula is C21H21N5O4S2. The number of benzene rings is 2. The number of nitrogens with zero attached hydrogens (tertiary/aromatic N) is 2. The number of hydrogen-bond acceptors (Lipinski definition) is 6. The summed E-state index contributed by atoms with van der Waals surface area (Å²) in [5.41, 5.74) is 2.10. The normalized spacial score (nSPS) is 21.1. The number of anilines is 1. The molecule has 3 heterocycles. The number of sulfonamides is 2. The third kappa shape index (κ3) is 3.27. The van der Waals surface area contributed by atoms with Crippen LogP contribution in [-0.2, 0) is 20.0 Å². The van der Waals surface area contributed by atoms with E-state index in [0.717, 1.165) is 12.0 Å². The summed E-state index contributed by atoms with van der Waals surface area (Å²) < 4.78 is 56.0. The van der Waals surface area contributed by atoms with Gasteiger partial charge in [-0.3, -0.25) is 4.72 Å². The predicted molar refractivity (Wildman–Crippen MR) is 119 cm³/mol. The molecule has 0 spiro atoms. The highest BCUT2D eigenvalue weighted by atomic mass is 32.2. The van der Waals surface area contributed by atoms with Gasteiger partial charge in [0.05, 0.1) is 26.6 Å². The first-order valence-corrected chi connectivity index (χ1v) is 13.0. The molecule has 2 unspecified atom stereocenters. The van der Waals surface area contributed by atoms with Gasteiger partial charge in [-0.15, -0.1) is 0 Å². The first-order chi connectivity index (χ1) is 15.2. The molecule has 2 aliphatic rings. The molecular weight excluding hydrogens is 450 g/mol. The molecule has 2 atom stereocenters. The first-order valence-electron chi connectivity index (χ1n) is 10.1. The van der Waals surface area contributed by atoms with Gasteiger partial charge in [-0.25, -0.2) is 16.8 Å². The van der Waals surface area contributed by atoms with Crippen molar-refractivity contribution in [1.82, 2.24) is 14.6 Å². The minimum Gasteiger partial charge on any atom is -0.358 e. The summed E-state index contributed by atoms with van der Waals surface area (Å²) in [4.78, 5) is 2.98. The van der Waals surface area contributed by atoms with Crippen LogP contribution >= 0.6 is 0 Å². The van der Waals surface area contributed by atoms with Gasteiger partial charge < -0.3 is 10.3 Å². The van der Waals surface area contributed by atoms with E-state index < -0.39 is 20.0 Å². The van der Waals surface area contributed by atoms with E-state index in [-0.39, 0.29) is 21.9 Å². The number of nitrogens with one attached hydrogen (secondary N) is 3. The van der Waals surface area contributed by atoms with E-state index in [1.54, 1.807) is 12.1 Å². The van der Waals surface area contributed by atoms with Crippen LogP contribution in [0.5, 0.6) is 0 Å². The highest BCUT2D eigenvalue weighted by Gasteiger charge is 2.44. The predicted octanol–water partition coefficient (Wildman–Crippen LogP) is 1.88. The van der Waals surface area contributed by atoms with Crippen molar-refractivity contribution in [3.05, 3.63) is 53.7 Å². The fourth-order valence-electron chi connectivity index (χ4n) is 4.54. The largest absolute Gasteiger partial charge is 0.358 e. The third-order valence-electron chi connectivity index (χ3n) is 6.16. The Labute approximate surface area is 186 Å². The van der Waals surface area contributed by atoms with Gasteiger partial charge in [0.25, 0.3) is 10.0 Å². The Bertz CT molecular complexity index is 1470. The number of aryl methyl sites for hydroxylation is 1. The number of aromatic nitrogens is 1. The van der Waals surface area contributed by atoms with Crippen LogP contribution in [0.1, 0.15) is 17.5 Å². The second-order valence-corrected chi connectivity index (χ2v) is 11.7. The quantitative estimate of drug-likeness (QED) is 0.520. The molecule has 166 valence electrons. The number of hydrogen-bond donors (Lipinski definition) is 3. The molecule has 5 rings (SSSR count). The number of nitriles is 1. The molecule has 32 heavy (non-hydrogen) atoms. The van der Waals surface area contributed by atoms with Gasteiger partial charge in [0.1, 0.15) is 6.07 Å². The molecule has 2 aliphatic heterocycles. The maximum Gasteiger partial charge on any atom is 0.261 e. The summed E-state index contributed by atoms with van der Waals surface area (Å²) in [6.07, 6.45) is 2.34. The number of piperazine rings is 1. The van der Waals surface area contributed by atoms with E-state index in [4.69, 9.17) is 0 Å². The SMILES string of the molecule is Cc1ccc(NS(=O)(=O)c2ccc(S(=O)(=O)N3CC4CC3CN4)cc2)c2[nH]cc(C#N)c12. The van der Waals surface area contributed by atoms with E-state index in [2.05, 4.69) is 21.1 Å². The number of H-pyrrole nitrogens is 1. The van der Waals surface area contributed by atoms with Gasteiger partial charge in [0.15, 0.2) is 0 Å². The van der Waals surface area contributed by atoms with E-state index >= 15 is 0 Å². The van der Waals surface area contributed by atoms with Crippen molar-refractivity contribution >= 4 is 36.6 Å². The zero-order valence-electron chi connectivity index (χ0n) is 17.2. The van der Waals surface area contributed by atoms with E-state index in [0.29, 0.717) is 35.2 Å². The summed E-state index contributed by atoms with van der Waals surface area (Å²) in [6.45, 7) is 2.91. The maximum atomic E-state index is 13.0. The van der Waals surface area contributed by atoms with E-state index in [9.17, 15) is 22.1 Å². The van der Waals surface area contributed by atoms with Crippen molar-refractivity contribution in [1.29, 1.82) is 5.26 Å². The maximum absolute atomic E-state index is 13.0. The summed E-state index contributed by atoms with van der Waals surface area (Å²) in [6, 6.07) is 10.8. The summed E-state index contributed by atoms with van der Waals surface area (Å²) >= 11 is 0. The molecule has 11 heteroatoms. The van der Waals surface area contributed by atoms with Gasteiger partial charge in [-0.1, -0.05) is 6.07 Å². The van der Waals surface area contributed by atoms with Crippen LogP contribution in [0, 0.1) is 18.3 Å². The first kappa shape index (κ1) is 21.0. The minimum absolute atomic E-state index is 0.0538. The molecule has 3 aromatic rings. The molecule has 0 amide bonds. The topological polar surface area (TPSA) is 135 Å². The molecule has 3 N–H and O–H groups in total. The van der Waals surface area contributed by atoms with Crippen molar-refractivity contribution in [2.45, 2.75) is 35.2 Å². The van der Waals surface area contributed by atoms with E-state index in [1.165, 1.54) is 34.8 Å². The minimum atomic E-state index is -3.98. The van der Waals surface area contributed by atoms with Crippen molar-refractivity contribution in [2.24, 2.45) is 0 Å². The highest BCUT2D eigenvalue weighted by Crippen LogP contribution is 2.32. The zero-order valence-corrected chi connectivity index (χ0v) is 18.8. The Hall–Kier alpha value is -2.91. The zero-order chi connectivity index (χ0) is 22.7.